The zero-order valence-electron chi connectivity index (χ0n) is 26.0. The predicted molar refractivity (Wildman–Crippen MR) is 197 cm³/mol. The van der Waals surface area contributed by atoms with Crippen LogP contribution >= 0.6 is 0 Å². The number of fused-ring (bicyclic) bond motifs is 3. The molecule has 9 rings (SSSR count). The largest absolute Gasteiger partial charge is 0.256 e. The third-order valence-corrected chi connectivity index (χ3v) is 8.98. The predicted octanol–water partition coefficient (Wildman–Crippen LogP) is 11.1. The first kappa shape index (κ1) is 27.8. The second-order valence-electron chi connectivity index (χ2n) is 11.9. The van der Waals surface area contributed by atoms with Crippen molar-refractivity contribution in [3.63, 3.8) is 0 Å². The van der Waals surface area contributed by atoms with E-state index in [9.17, 15) is 0 Å². The molecule has 6 aromatic carbocycles. The van der Waals surface area contributed by atoms with Crippen LogP contribution in [0.25, 0.3) is 88.7 Å². The molecule has 0 unspecified atom stereocenters. The Hall–Kier alpha value is -6.52. The molecule has 3 aromatic heterocycles. The Kier molecular flexibility index (Phi) is 6.76. The Morgan fingerprint density at radius 3 is 1.42 bits per heavy atom. The van der Waals surface area contributed by atoms with Crippen LogP contribution in [0.2, 0.25) is 0 Å². The summed E-state index contributed by atoms with van der Waals surface area (Å²) in [5, 5.41) is 4.63. The topological polar surface area (TPSA) is 51.6 Å². The molecule has 0 amide bonds. The van der Waals surface area contributed by atoms with E-state index in [2.05, 4.69) is 156 Å². The number of hydrogen-bond acceptors (Lipinski definition) is 4. The lowest BCUT2D eigenvalue weighted by Gasteiger charge is -2.12. The molecule has 0 saturated carbocycles. The lowest BCUT2D eigenvalue weighted by Crippen LogP contribution is -1.96. The van der Waals surface area contributed by atoms with Gasteiger partial charge in [-0.1, -0.05) is 133 Å². The maximum Gasteiger partial charge on any atom is 0.160 e. The molecule has 48 heavy (non-hydrogen) atoms. The van der Waals surface area contributed by atoms with Crippen molar-refractivity contribution in [1.82, 2.24) is 19.9 Å². The fourth-order valence-electron chi connectivity index (χ4n) is 6.51. The van der Waals surface area contributed by atoms with E-state index in [0.29, 0.717) is 5.82 Å². The number of pyridine rings is 2. The second kappa shape index (κ2) is 11.7. The summed E-state index contributed by atoms with van der Waals surface area (Å²) in [6, 6.07) is 54.9. The van der Waals surface area contributed by atoms with Crippen LogP contribution in [-0.4, -0.2) is 19.9 Å². The van der Waals surface area contributed by atoms with Gasteiger partial charge in [-0.3, -0.25) is 9.97 Å². The van der Waals surface area contributed by atoms with Crippen molar-refractivity contribution < 1.29 is 0 Å². The molecule has 4 heteroatoms. The molecule has 4 nitrogen and oxygen atoms in total. The Bertz CT molecular complexity index is 2460. The second-order valence-corrected chi connectivity index (χ2v) is 11.9. The van der Waals surface area contributed by atoms with Crippen LogP contribution in [0.5, 0.6) is 0 Å². The molecule has 0 aliphatic rings. The molecule has 0 spiro atoms. The summed E-state index contributed by atoms with van der Waals surface area (Å²) in [7, 11) is 0. The van der Waals surface area contributed by atoms with Crippen LogP contribution in [0.3, 0.4) is 0 Å². The van der Waals surface area contributed by atoms with Gasteiger partial charge in [-0.2, -0.15) is 0 Å². The van der Waals surface area contributed by atoms with Crippen LogP contribution in [0.4, 0.5) is 0 Å². The Morgan fingerprint density at radius 1 is 0.312 bits per heavy atom. The Labute approximate surface area is 278 Å². The van der Waals surface area contributed by atoms with E-state index in [4.69, 9.17) is 9.97 Å². The van der Waals surface area contributed by atoms with Gasteiger partial charge in [0.15, 0.2) is 5.82 Å². The van der Waals surface area contributed by atoms with E-state index in [-0.39, 0.29) is 0 Å². The highest BCUT2D eigenvalue weighted by molar-refractivity contribution is 5.95. The molecule has 0 saturated heterocycles. The van der Waals surface area contributed by atoms with Crippen molar-refractivity contribution >= 4 is 32.6 Å². The zero-order valence-corrected chi connectivity index (χ0v) is 26.0. The molecule has 0 aliphatic carbocycles. The first-order chi connectivity index (χ1) is 23.8. The van der Waals surface area contributed by atoms with Gasteiger partial charge in [0, 0.05) is 51.0 Å². The summed E-state index contributed by atoms with van der Waals surface area (Å²) < 4.78 is 0. The fraction of sp³-hybridized carbons (Fsp3) is 0. The summed E-state index contributed by atoms with van der Waals surface area (Å²) >= 11 is 0. The molecule has 0 atom stereocenters. The quantitative estimate of drug-likeness (QED) is 0.194. The van der Waals surface area contributed by atoms with Crippen LogP contribution in [0.15, 0.2) is 170 Å². The molecule has 3 heterocycles. The minimum atomic E-state index is 0.681. The zero-order chi connectivity index (χ0) is 31.9. The smallest absolute Gasteiger partial charge is 0.160 e. The van der Waals surface area contributed by atoms with E-state index in [0.717, 1.165) is 72.1 Å². The molecule has 0 N–H and O–H groups in total. The van der Waals surface area contributed by atoms with Crippen LogP contribution in [-0.2, 0) is 0 Å². The van der Waals surface area contributed by atoms with Crippen molar-refractivity contribution in [2.45, 2.75) is 0 Å². The third kappa shape index (κ3) is 5.06. The molecule has 0 radical (unpaired) electrons. The summed E-state index contributed by atoms with van der Waals surface area (Å²) in [5.74, 6) is 0.681. The summed E-state index contributed by atoms with van der Waals surface area (Å²) in [5.41, 5.74) is 11.2. The van der Waals surface area contributed by atoms with Crippen LogP contribution in [0, 0.1) is 0 Å². The van der Waals surface area contributed by atoms with E-state index in [1.807, 2.05) is 24.5 Å². The minimum Gasteiger partial charge on any atom is -0.256 e. The average molecular weight is 613 g/mol. The molecule has 224 valence electrons. The molecule has 0 fully saturated rings. The average Bonchev–Trinajstić information content (AvgIpc) is 3.17. The van der Waals surface area contributed by atoms with E-state index >= 15 is 0 Å². The fourth-order valence-corrected chi connectivity index (χ4v) is 6.51. The normalized spacial score (nSPS) is 11.3. The van der Waals surface area contributed by atoms with Crippen molar-refractivity contribution in [3.05, 3.63) is 170 Å². The van der Waals surface area contributed by atoms with E-state index < -0.39 is 0 Å². The molecular formula is C44H28N4. The van der Waals surface area contributed by atoms with Gasteiger partial charge in [-0.25, -0.2) is 9.97 Å². The molecular weight excluding hydrogens is 585 g/mol. The molecule has 9 aromatic rings. The molecule has 0 bridgehead atoms. The lowest BCUT2D eigenvalue weighted by atomic mass is 9.99. The highest BCUT2D eigenvalue weighted by Gasteiger charge is 2.13. The van der Waals surface area contributed by atoms with Gasteiger partial charge in [-0.05, 0) is 46.2 Å². The van der Waals surface area contributed by atoms with Crippen LogP contribution in [0.1, 0.15) is 0 Å². The van der Waals surface area contributed by atoms with E-state index in [1.165, 1.54) is 10.8 Å². The summed E-state index contributed by atoms with van der Waals surface area (Å²) in [6.45, 7) is 0. The first-order valence-corrected chi connectivity index (χ1v) is 16.0. The first-order valence-electron chi connectivity index (χ1n) is 16.0. The van der Waals surface area contributed by atoms with Gasteiger partial charge >= 0.3 is 0 Å². The number of para-hydroxylation sites is 2. The summed E-state index contributed by atoms with van der Waals surface area (Å²) in [4.78, 5) is 19.6. The van der Waals surface area contributed by atoms with Gasteiger partial charge in [0.25, 0.3) is 0 Å². The van der Waals surface area contributed by atoms with Gasteiger partial charge in [0.2, 0.25) is 0 Å². The van der Waals surface area contributed by atoms with Crippen molar-refractivity contribution in [2.75, 3.05) is 0 Å². The highest BCUT2D eigenvalue weighted by Crippen LogP contribution is 2.34. The third-order valence-electron chi connectivity index (χ3n) is 8.98. The SMILES string of the molecule is c1ccc2cc(-c3cc(-c4ccc(-c5cccc6cccnc56)cc4)nc(-c4ccc(-c5cccc6cccnc56)cc4)n3)ccc2c1. The van der Waals surface area contributed by atoms with Gasteiger partial charge in [-0.15, -0.1) is 0 Å². The standard InChI is InChI=1S/C44H28N4/c1-2-8-36-27-37(24-15-29(36)7-1)41-28-40(32-20-16-30(17-21-32)38-13-3-9-33-11-5-25-45-42(33)38)47-44(48-41)35-22-18-31(19-23-35)39-14-4-10-34-12-6-26-46-43(34)39/h1-28H. The number of rotatable bonds is 5. The number of hydrogen-bond donors (Lipinski definition) is 0. The highest BCUT2D eigenvalue weighted by atomic mass is 14.9. The minimum absolute atomic E-state index is 0.681. The van der Waals surface area contributed by atoms with Crippen molar-refractivity contribution in [3.8, 4) is 56.2 Å². The Morgan fingerprint density at radius 2 is 0.792 bits per heavy atom. The maximum atomic E-state index is 5.13. The number of aromatic nitrogens is 4. The Balaban J connectivity index is 1.14. The van der Waals surface area contributed by atoms with Crippen molar-refractivity contribution in [1.29, 1.82) is 0 Å². The maximum absolute atomic E-state index is 5.13. The van der Waals surface area contributed by atoms with E-state index in [1.54, 1.807) is 0 Å². The summed E-state index contributed by atoms with van der Waals surface area (Å²) in [6.07, 6.45) is 3.70. The van der Waals surface area contributed by atoms with Crippen LogP contribution < -0.4 is 0 Å². The van der Waals surface area contributed by atoms with Gasteiger partial charge < -0.3 is 0 Å². The number of nitrogens with zero attached hydrogens (tertiary/aromatic N) is 4. The van der Waals surface area contributed by atoms with Crippen molar-refractivity contribution in [2.24, 2.45) is 0 Å². The number of benzene rings is 6. The molecule has 0 aliphatic heterocycles. The van der Waals surface area contributed by atoms with Gasteiger partial charge in [0.05, 0.1) is 22.4 Å². The van der Waals surface area contributed by atoms with Gasteiger partial charge in [0.1, 0.15) is 0 Å². The monoisotopic (exact) mass is 612 g/mol. The lowest BCUT2D eigenvalue weighted by molar-refractivity contribution is 1.18.